The average molecular weight is 172 g/mol. The Balaban J connectivity index is 0.000000336. The predicted octanol–water partition coefficient (Wildman–Crippen LogP) is 0.0526. The molecule has 2 saturated heterocycles. The lowest BCUT2D eigenvalue weighted by atomic mass is 10.0. The molecule has 0 aromatic rings. The van der Waals surface area contributed by atoms with Crippen molar-refractivity contribution in [2.75, 3.05) is 33.3 Å². The van der Waals surface area contributed by atoms with Gasteiger partial charge in [-0.2, -0.15) is 0 Å². The number of piperazine rings is 1. The Morgan fingerprint density at radius 2 is 2.08 bits per heavy atom. The van der Waals surface area contributed by atoms with Crippen molar-refractivity contribution < 1.29 is 5.11 Å². The molecule has 2 fully saturated rings. The maximum Gasteiger partial charge on any atom is 0.0319 e. The third-order valence-electron chi connectivity index (χ3n) is 2.70. The van der Waals surface area contributed by atoms with Crippen LogP contribution in [0.4, 0.5) is 0 Å². The van der Waals surface area contributed by atoms with E-state index in [-0.39, 0.29) is 0 Å². The van der Waals surface area contributed by atoms with Gasteiger partial charge in [0.2, 0.25) is 0 Å². The molecule has 2 heterocycles. The molecule has 1 unspecified atom stereocenters. The summed E-state index contributed by atoms with van der Waals surface area (Å²) in [6, 6.07) is 0.877. The minimum Gasteiger partial charge on any atom is -0.400 e. The second kappa shape index (κ2) is 5.51. The summed E-state index contributed by atoms with van der Waals surface area (Å²) < 4.78 is 0. The minimum absolute atomic E-state index is 0.877. The van der Waals surface area contributed by atoms with Crippen LogP contribution >= 0.6 is 0 Å². The summed E-state index contributed by atoms with van der Waals surface area (Å²) in [4.78, 5) is 2.64. The van der Waals surface area contributed by atoms with E-state index in [1.807, 2.05) is 0 Å². The van der Waals surface area contributed by atoms with Crippen LogP contribution in [0.15, 0.2) is 0 Å². The third kappa shape index (κ3) is 2.44. The van der Waals surface area contributed by atoms with E-state index in [0.29, 0.717) is 0 Å². The van der Waals surface area contributed by atoms with Gasteiger partial charge >= 0.3 is 0 Å². The molecule has 0 radical (unpaired) electrons. The van der Waals surface area contributed by atoms with Crippen LogP contribution < -0.4 is 5.32 Å². The highest BCUT2D eigenvalue weighted by molar-refractivity contribution is 4.82. The largest absolute Gasteiger partial charge is 0.400 e. The maximum absolute atomic E-state index is 7.00. The molecular formula is C9H20N2O. The van der Waals surface area contributed by atoms with Crippen molar-refractivity contribution in [2.45, 2.75) is 25.3 Å². The Morgan fingerprint density at radius 3 is 2.83 bits per heavy atom. The number of nitrogens with zero attached hydrogens (tertiary/aromatic N) is 1. The van der Waals surface area contributed by atoms with Gasteiger partial charge in [-0.25, -0.2) is 0 Å². The lowest BCUT2D eigenvalue weighted by Crippen LogP contribution is -2.53. The van der Waals surface area contributed by atoms with Gasteiger partial charge in [0, 0.05) is 32.8 Å². The Morgan fingerprint density at radius 1 is 1.25 bits per heavy atom. The molecular weight excluding hydrogens is 152 g/mol. The number of hydrogen-bond acceptors (Lipinski definition) is 3. The lowest BCUT2D eigenvalue weighted by molar-refractivity contribution is 0.121. The van der Waals surface area contributed by atoms with Gasteiger partial charge in [-0.3, -0.25) is 4.90 Å². The first-order valence-electron chi connectivity index (χ1n) is 4.86. The summed E-state index contributed by atoms with van der Waals surface area (Å²) in [7, 11) is 1.00. The Labute approximate surface area is 74.8 Å². The fourth-order valence-corrected chi connectivity index (χ4v) is 2.08. The van der Waals surface area contributed by atoms with Crippen molar-refractivity contribution in [2.24, 2.45) is 0 Å². The summed E-state index contributed by atoms with van der Waals surface area (Å²) in [5.74, 6) is 0. The second-order valence-corrected chi connectivity index (χ2v) is 3.39. The molecule has 0 aromatic carbocycles. The van der Waals surface area contributed by atoms with Crippen LogP contribution in [0.25, 0.3) is 0 Å². The summed E-state index contributed by atoms with van der Waals surface area (Å²) in [6.45, 7) is 5.08. The van der Waals surface area contributed by atoms with Gasteiger partial charge < -0.3 is 10.4 Å². The van der Waals surface area contributed by atoms with E-state index in [1.165, 1.54) is 45.4 Å². The molecule has 3 heteroatoms. The fourth-order valence-electron chi connectivity index (χ4n) is 2.08. The second-order valence-electron chi connectivity index (χ2n) is 3.39. The van der Waals surface area contributed by atoms with Crippen LogP contribution in [0.5, 0.6) is 0 Å². The maximum atomic E-state index is 7.00. The zero-order chi connectivity index (χ0) is 8.81. The van der Waals surface area contributed by atoms with Crippen molar-refractivity contribution in [1.82, 2.24) is 10.2 Å². The highest BCUT2D eigenvalue weighted by Crippen LogP contribution is 2.17. The van der Waals surface area contributed by atoms with E-state index in [0.717, 1.165) is 13.2 Å². The van der Waals surface area contributed by atoms with Crippen LogP contribution in [0.3, 0.4) is 0 Å². The highest BCUT2D eigenvalue weighted by Gasteiger charge is 2.23. The Bertz CT molecular complexity index is 93.1. The van der Waals surface area contributed by atoms with Gasteiger partial charge in [-0.15, -0.1) is 0 Å². The molecule has 2 aliphatic heterocycles. The molecule has 0 saturated carbocycles. The molecule has 0 aliphatic carbocycles. The van der Waals surface area contributed by atoms with Gasteiger partial charge in [0.25, 0.3) is 0 Å². The Kier molecular flexibility index (Phi) is 4.58. The Hall–Kier alpha value is -0.120. The average Bonchev–Trinajstić information content (AvgIpc) is 2.21. The van der Waals surface area contributed by atoms with E-state index < -0.39 is 0 Å². The quantitative estimate of drug-likeness (QED) is 0.542. The summed E-state index contributed by atoms with van der Waals surface area (Å²) >= 11 is 0. The molecule has 0 amide bonds. The van der Waals surface area contributed by atoms with Crippen molar-refractivity contribution >= 4 is 0 Å². The molecule has 1 atom stereocenters. The molecule has 0 aromatic heterocycles. The molecule has 12 heavy (non-hydrogen) atoms. The number of hydrogen-bond donors (Lipinski definition) is 2. The molecule has 2 aliphatic rings. The van der Waals surface area contributed by atoms with Crippen LogP contribution in [-0.4, -0.2) is 49.3 Å². The van der Waals surface area contributed by atoms with E-state index in [2.05, 4.69) is 10.2 Å². The summed E-state index contributed by atoms with van der Waals surface area (Å²) in [5, 5.41) is 10.4. The number of fused-ring (bicyclic) bond motifs is 1. The first-order valence-corrected chi connectivity index (χ1v) is 4.86. The van der Waals surface area contributed by atoms with Crippen LogP contribution in [-0.2, 0) is 0 Å². The molecule has 2 rings (SSSR count). The van der Waals surface area contributed by atoms with E-state index in [1.54, 1.807) is 0 Å². The molecule has 0 bridgehead atoms. The normalized spacial score (nSPS) is 30.0. The lowest BCUT2D eigenvalue weighted by Gasteiger charge is -2.39. The SMILES string of the molecule is C1CCN2CCNCC2C1.CO. The van der Waals surface area contributed by atoms with Gasteiger partial charge in [-0.05, 0) is 19.4 Å². The fraction of sp³-hybridized carbons (Fsp3) is 1.00. The van der Waals surface area contributed by atoms with Crippen molar-refractivity contribution in [1.29, 1.82) is 0 Å². The zero-order valence-electron chi connectivity index (χ0n) is 7.92. The van der Waals surface area contributed by atoms with Crippen molar-refractivity contribution in [3.8, 4) is 0 Å². The number of piperidine rings is 1. The van der Waals surface area contributed by atoms with Crippen molar-refractivity contribution in [3.05, 3.63) is 0 Å². The van der Waals surface area contributed by atoms with Crippen LogP contribution in [0.2, 0.25) is 0 Å². The number of rotatable bonds is 0. The first kappa shape index (κ1) is 9.96. The summed E-state index contributed by atoms with van der Waals surface area (Å²) in [6.07, 6.45) is 4.30. The van der Waals surface area contributed by atoms with Gasteiger partial charge in [0.05, 0.1) is 0 Å². The van der Waals surface area contributed by atoms with E-state index in [9.17, 15) is 0 Å². The van der Waals surface area contributed by atoms with Crippen LogP contribution in [0.1, 0.15) is 19.3 Å². The van der Waals surface area contributed by atoms with Gasteiger partial charge in [-0.1, -0.05) is 6.42 Å². The smallest absolute Gasteiger partial charge is 0.0319 e. The molecule has 2 N–H and O–H groups in total. The summed E-state index contributed by atoms with van der Waals surface area (Å²) in [5.41, 5.74) is 0. The molecule has 3 nitrogen and oxygen atoms in total. The van der Waals surface area contributed by atoms with Gasteiger partial charge in [0.1, 0.15) is 0 Å². The van der Waals surface area contributed by atoms with Crippen LogP contribution in [0, 0.1) is 0 Å². The highest BCUT2D eigenvalue weighted by atomic mass is 16.2. The third-order valence-corrected chi connectivity index (χ3v) is 2.70. The molecule has 72 valence electrons. The number of aliphatic hydroxyl groups is 1. The van der Waals surface area contributed by atoms with E-state index in [4.69, 9.17) is 5.11 Å². The topological polar surface area (TPSA) is 35.5 Å². The van der Waals surface area contributed by atoms with Gasteiger partial charge in [0.15, 0.2) is 0 Å². The zero-order valence-corrected chi connectivity index (χ0v) is 7.92. The number of aliphatic hydroxyl groups excluding tert-OH is 1. The molecule has 0 spiro atoms. The predicted molar refractivity (Wildman–Crippen MR) is 50.2 cm³/mol. The minimum atomic E-state index is 0.877. The standard InChI is InChI=1S/C8H16N2.CH4O/c1-2-5-10-6-4-9-7-8(10)3-1;1-2/h8-9H,1-7H2;2H,1H3. The monoisotopic (exact) mass is 172 g/mol. The van der Waals surface area contributed by atoms with Crippen molar-refractivity contribution in [3.63, 3.8) is 0 Å². The first-order chi connectivity index (χ1) is 5.97. The number of nitrogens with one attached hydrogen (secondary N) is 1. The van der Waals surface area contributed by atoms with E-state index >= 15 is 0 Å².